The summed E-state index contributed by atoms with van der Waals surface area (Å²) in [6.45, 7) is 9.07. The molecule has 0 radical (unpaired) electrons. The highest BCUT2D eigenvalue weighted by Gasteiger charge is 2.30. The van der Waals surface area contributed by atoms with E-state index in [0.29, 0.717) is 6.04 Å². The standard InChI is InChI=1S/C20H28N4OS/c1-5-17-11-8-9-13-23(17)19(25)15(3)26-20-22-21-16(4)24(20)18-12-7-6-10-14(18)2/h6-7,10,12,15,17H,5,8-9,11,13H2,1-4H3. The van der Waals surface area contributed by atoms with Gasteiger partial charge >= 0.3 is 0 Å². The lowest BCUT2D eigenvalue weighted by Crippen LogP contribution is -2.46. The second-order valence-corrected chi connectivity index (χ2v) is 8.31. The van der Waals surface area contributed by atoms with E-state index in [1.54, 1.807) is 0 Å². The molecule has 5 nitrogen and oxygen atoms in total. The maximum absolute atomic E-state index is 13.0. The van der Waals surface area contributed by atoms with Gasteiger partial charge in [0.15, 0.2) is 5.16 Å². The zero-order valence-corrected chi connectivity index (χ0v) is 16.9. The van der Waals surface area contributed by atoms with Crippen molar-refractivity contribution < 1.29 is 4.79 Å². The van der Waals surface area contributed by atoms with Crippen molar-refractivity contribution in [3.05, 3.63) is 35.7 Å². The Labute approximate surface area is 160 Å². The Hall–Kier alpha value is -1.82. The lowest BCUT2D eigenvalue weighted by molar-refractivity contribution is -0.134. The second kappa shape index (κ2) is 8.25. The number of benzene rings is 1. The average Bonchev–Trinajstić information content (AvgIpc) is 3.01. The summed E-state index contributed by atoms with van der Waals surface area (Å²) in [7, 11) is 0. The van der Waals surface area contributed by atoms with Crippen LogP contribution >= 0.6 is 11.8 Å². The highest BCUT2D eigenvalue weighted by molar-refractivity contribution is 8.00. The first-order valence-corrected chi connectivity index (χ1v) is 10.4. The molecule has 6 heteroatoms. The molecule has 0 spiro atoms. The van der Waals surface area contributed by atoms with E-state index < -0.39 is 0 Å². The maximum Gasteiger partial charge on any atom is 0.236 e. The predicted octanol–water partition coefficient (Wildman–Crippen LogP) is 4.16. The van der Waals surface area contributed by atoms with Crippen LogP contribution in [0.15, 0.2) is 29.4 Å². The number of carbonyl (C=O) groups is 1. The van der Waals surface area contributed by atoms with Crippen molar-refractivity contribution in [1.82, 2.24) is 19.7 Å². The molecule has 2 atom stereocenters. The van der Waals surface area contributed by atoms with Crippen molar-refractivity contribution in [2.75, 3.05) is 6.54 Å². The van der Waals surface area contributed by atoms with E-state index in [1.165, 1.54) is 23.7 Å². The number of carbonyl (C=O) groups excluding carboxylic acids is 1. The highest BCUT2D eigenvalue weighted by Crippen LogP contribution is 2.29. The van der Waals surface area contributed by atoms with E-state index in [2.05, 4.69) is 45.6 Å². The summed E-state index contributed by atoms with van der Waals surface area (Å²) >= 11 is 1.51. The molecule has 26 heavy (non-hydrogen) atoms. The normalized spacial score (nSPS) is 18.8. The minimum absolute atomic E-state index is 0.173. The zero-order chi connectivity index (χ0) is 18.7. The van der Waals surface area contributed by atoms with Gasteiger partial charge < -0.3 is 4.90 Å². The van der Waals surface area contributed by atoms with Crippen LogP contribution in [0.5, 0.6) is 0 Å². The summed E-state index contributed by atoms with van der Waals surface area (Å²) in [6, 6.07) is 8.58. The Morgan fingerprint density at radius 2 is 2.04 bits per heavy atom. The minimum Gasteiger partial charge on any atom is -0.339 e. The summed E-state index contributed by atoms with van der Waals surface area (Å²) in [6.07, 6.45) is 4.49. The number of rotatable bonds is 5. The molecule has 2 heterocycles. The third-order valence-electron chi connectivity index (χ3n) is 5.16. The third kappa shape index (κ3) is 3.80. The molecule has 0 saturated carbocycles. The number of piperidine rings is 1. The van der Waals surface area contributed by atoms with Crippen LogP contribution in [-0.2, 0) is 4.79 Å². The highest BCUT2D eigenvalue weighted by atomic mass is 32.2. The smallest absolute Gasteiger partial charge is 0.236 e. The molecule has 1 aromatic carbocycles. The third-order valence-corrected chi connectivity index (χ3v) is 6.19. The molecular formula is C20H28N4OS. The van der Waals surface area contributed by atoms with Crippen LogP contribution in [0, 0.1) is 13.8 Å². The number of hydrogen-bond acceptors (Lipinski definition) is 4. The summed E-state index contributed by atoms with van der Waals surface area (Å²) in [4.78, 5) is 15.1. The Morgan fingerprint density at radius 3 is 2.77 bits per heavy atom. The van der Waals surface area contributed by atoms with E-state index in [4.69, 9.17) is 0 Å². The Morgan fingerprint density at radius 1 is 1.27 bits per heavy atom. The van der Waals surface area contributed by atoms with Crippen LogP contribution < -0.4 is 0 Å². The molecule has 2 unspecified atom stereocenters. The van der Waals surface area contributed by atoms with E-state index in [1.807, 2.05) is 26.0 Å². The van der Waals surface area contributed by atoms with Crippen LogP contribution in [-0.4, -0.2) is 43.4 Å². The molecule has 0 aliphatic carbocycles. The number of para-hydroxylation sites is 1. The molecule has 1 aliphatic rings. The molecular weight excluding hydrogens is 344 g/mol. The average molecular weight is 373 g/mol. The first kappa shape index (κ1) is 19.0. The summed E-state index contributed by atoms with van der Waals surface area (Å²) in [5.41, 5.74) is 2.24. The van der Waals surface area contributed by atoms with Gasteiger partial charge in [0.05, 0.1) is 10.9 Å². The lowest BCUT2D eigenvalue weighted by Gasteiger charge is -2.36. The second-order valence-electron chi connectivity index (χ2n) is 7.00. The van der Waals surface area contributed by atoms with E-state index in [0.717, 1.165) is 42.5 Å². The summed E-state index contributed by atoms with van der Waals surface area (Å²) < 4.78 is 2.05. The maximum atomic E-state index is 13.0. The quantitative estimate of drug-likeness (QED) is 0.740. The number of amides is 1. The number of hydrogen-bond donors (Lipinski definition) is 0. The number of nitrogens with zero attached hydrogens (tertiary/aromatic N) is 4. The van der Waals surface area contributed by atoms with Gasteiger partial charge in [-0.1, -0.05) is 36.9 Å². The van der Waals surface area contributed by atoms with Gasteiger partial charge in [-0.3, -0.25) is 9.36 Å². The van der Waals surface area contributed by atoms with Gasteiger partial charge in [-0.15, -0.1) is 10.2 Å². The molecule has 140 valence electrons. The monoisotopic (exact) mass is 372 g/mol. The number of aromatic nitrogens is 3. The molecule has 3 rings (SSSR count). The molecule has 1 aliphatic heterocycles. The Kier molecular flexibility index (Phi) is 6.01. The topological polar surface area (TPSA) is 51.0 Å². The van der Waals surface area contributed by atoms with Crippen LogP contribution in [0.1, 0.15) is 50.9 Å². The predicted molar refractivity (Wildman–Crippen MR) is 106 cm³/mol. The van der Waals surface area contributed by atoms with Crippen molar-refractivity contribution in [3.63, 3.8) is 0 Å². The van der Waals surface area contributed by atoms with Gasteiger partial charge in [0.1, 0.15) is 5.82 Å². The fourth-order valence-electron chi connectivity index (χ4n) is 3.67. The van der Waals surface area contributed by atoms with Crippen molar-refractivity contribution >= 4 is 17.7 Å². The van der Waals surface area contributed by atoms with Crippen LogP contribution in [0.2, 0.25) is 0 Å². The van der Waals surface area contributed by atoms with Crippen molar-refractivity contribution in [1.29, 1.82) is 0 Å². The summed E-state index contributed by atoms with van der Waals surface area (Å²) in [5.74, 6) is 1.06. The van der Waals surface area contributed by atoms with E-state index in [-0.39, 0.29) is 11.2 Å². The number of likely N-dealkylation sites (tertiary alicyclic amines) is 1. The molecule has 1 amide bonds. The van der Waals surface area contributed by atoms with Gasteiger partial charge in [0, 0.05) is 12.6 Å². The lowest BCUT2D eigenvalue weighted by atomic mass is 10.00. The van der Waals surface area contributed by atoms with Gasteiger partial charge in [0.25, 0.3) is 0 Å². The molecule has 1 saturated heterocycles. The Bertz CT molecular complexity index is 773. The van der Waals surface area contributed by atoms with Gasteiger partial charge in [0.2, 0.25) is 5.91 Å². The van der Waals surface area contributed by atoms with Crippen molar-refractivity contribution in [3.8, 4) is 5.69 Å². The fraction of sp³-hybridized carbons (Fsp3) is 0.550. The van der Waals surface area contributed by atoms with Crippen LogP contribution in [0.25, 0.3) is 5.69 Å². The fourth-order valence-corrected chi connectivity index (χ4v) is 4.64. The minimum atomic E-state index is -0.173. The van der Waals surface area contributed by atoms with E-state index in [9.17, 15) is 4.79 Å². The molecule has 0 bridgehead atoms. The first-order valence-electron chi connectivity index (χ1n) is 9.48. The first-order chi connectivity index (χ1) is 12.5. The summed E-state index contributed by atoms with van der Waals surface area (Å²) in [5, 5.41) is 9.21. The van der Waals surface area contributed by atoms with Gasteiger partial charge in [-0.05, 0) is 58.1 Å². The number of aryl methyl sites for hydroxylation is 2. The zero-order valence-electron chi connectivity index (χ0n) is 16.1. The molecule has 1 fully saturated rings. The molecule has 2 aromatic rings. The molecule has 0 N–H and O–H groups in total. The SMILES string of the molecule is CCC1CCCCN1C(=O)C(C)Sc1nnc(C)n1-c1ccccc1C. The van der Waals surface area contributed by atoms with Gasteiger partial charge in [-0.2, -0.15) is 0 Å². The Balaban J connectivity index is 1.81. The van der Waals surface area contributed by atoms with Crippen LogP contribution in [0.3, 0.4) is 0 Å². The number of thioether (sulfide) groups is 1. The van der Waals surface area contributed by atoms with E-state index >= 15 is 0 Å². The van der Waals surface area contributed by atoms with Crippen LogP contribution in [0.4, 0.5) is 0 Å². The van der Waals surface area contributed by atoms with Crippen molar-refractivity contribution in [2.24, 2.45) is 0 Å². The van der Waals surface area contributed by atoms with Crippen molar-refractivity contribution in [2.45, 2.75) is 69.8 Å². The largest absolute Gasteiger partial charge is 0.339 e. The molecule has 1 aromatic heterocycles. The van der Waals surface area contributed by atoms with Gasteiger partial charge in [-0.25, -0.2) is 0 Å².